The zero-order valence-electron chi connectivity index (χ0n) is 11.0. The summed E-state index contributed by atoms with van der Waals surface area (Å²) in [4.78, 5) is 24.4. The second-order valence-corrected chi connectivity index (χ2v) is 4.22. The number of carbonyl (C=O) groups is 2. The molecule has 2 amide bonds. The zero-order valence-corrected chi connectivity index (χ0v) is 11.0. The molecule has 1 atom stereocenters. The molecule has 0 radical (unpaired) electrons. The summed E-state index contributed by atoms with van der Waals surface area (Å²) in [6.45, 7) is 7.72. The highest BCUT2D eigenvalue weighted by Gasteiger charge is 2.25. The van der Waals surface area contributed by atoms with E-state index in [1.165, 1.54) is 12.2 Å². The Morgan fingerprint density at radius 2 is 1.90 bits per heavy atom. The lowest BCUT2D eigenvalue weighted by molar-refractivity contribution is -0.119. The topological polar surface area (TPSA) is 46.6 Å². The van der Waals surface area contributed by atoms with E-state index in [1.807, 2.05) is 6.07 Å². The van der Waals surface area contributed by atoms with E-state index in [0.29, 0.717) is 12.3 Å². The molecular weight excluding hydrogens is 254 g/mol. The zero-order chi connectivity index (χ0) is 14.5. The predicted octanol–water partition coefficient (Wildman–Crippen LogP) is 2.55. The van der Waals surface area contributed by atoms with Crippen LogP contribution in [-0.2, 0) is 14.3 Å². The number of hydrogen-bond donors (Lipinski definition) is 0. The van der Waals surface area contributed by atoms with Crippen molar-refractivity contribution in [2.24, 2.45) is 0 Å². The standard InChI is InChI=1S/C16H15NO3/c1-3-10-20-14(4-2)12-6-5-7-13(11-12)17-15(18)8-9-16(17)19/h3-9,11,14H,1-2,10H2. The van der Waals surface area contributed by atoms with Gasteiger partial charge in [-0.05, 0) is 17.7 Å². The van der Waals surface area contributed by atoms with Crippen LogP contribution < -0.4 is 4.90 Å². The maximum absolute atomic E-state index is 11.7. The van der Waals surface area contributed by atoms with Crippen LogP contribution in [0.15, 0.2) is 61.7 Å². The fourth-order valence-corrected chi connectivity index (χ4v) is 1.97. The van der Waals surface area contributed by atoms with Gasteiger partial charge >= 0.3 is 0 Å². The van der Waals surface area contributed by atoms with Crippen LogP contribution in [0.3, 0.4) is 0 Å². The SMILES string of the molecule is C=CCOC(C=C)c1cccc(N2C(=O)C=CC2=O)c1. The summed E-state index contributed by atoms with van der Waals surface area (Å²) < 4.78 is 5.56. The summed E-state index contributed by atoms with van der Waals surface area (Å²) in [5.74, 6) is -0.677. The van der Waals surface area contributed by atoms with Crippen LogP contribution in [0.25, 0.3) is 0 Å². The summed E-state index contributed by atoms with van der Waals surface area (Å²) in [6, 6.07) is 7.09. The van der Waals surface area contributed by atoms with Gasteiger partial charge in [0, 0.05) is 12.2 Å². The Morgan fingerprint density at radius 3 is 2.50 bits per heavy atom. The van der Waals surface area contributed by atoms with Gasteiger partial charge < -0.3 is 4.74 Å². The Hall–Kier alpha value is -2.46. The molecule has 0 bridgehead atoms. The summed E-state index contributed by atoms with van der Waals surface area (Å²) in [7, 11) is 0. The number of amides is 2. The third-order valence-corrected chi connectivity index (χ3v) is 2.87. The molecule has 1 aliphatic heterocycles. The van der Waals surface area contributed by atoms with Crippen LogP contribution in [0.4, 0.5) is 5.69 Å². The third kappa shape index (κ3) is 2.75. The Bertz CT molecular complexity index is 571. The molecule has 0 saturated heterocycles. The van der Waals surface area contributed by atoms with Crippen molar-refractivity contribution in [1.82, 2.24) is 0 Å². The Kier molecular flexibility index (Phi) is 4.27. The second-order valence-electron chi connectivity index (χ2n) is 4.22. The minimum Gasteiger partial charge on any atom is -0.365 e. The number of carbonyl (C=O) groups excluding carboxylic acids is 2. The van der Waals surface area contributed by atoms with Crippen molar-refractivity contribution in [3.8, 4) is 0 Å². The largest absolute Gasteiger partial charge is 0.365 e. The predicted molar refractivity (Wildman–Crippen MR) is 77.2 cm³/mol. The first kappa shape index (κ1) is 14.0. The molecule has 2 rings (SSSR count). The van der Waals surface area contributed by atoms with Crippen LogP contribution in [0.5, 0.6) is 0 Å². The number of imide groups is 1. The normalized spacial score (nSPS) is 15.5. The smallest absolute Gasteiger partial charge is 0.258 e. The highest BCUT2D eigenvalue weighted by atomic mass is 16.5. The molecule has 20 heavy (non-hydrogen) atoms. The number of benzene rings is 1. The van der Waals surface area contributed by atoms with Gasteiger partial charge in [-0.2, -0.15) is 0 Å². The number of hydrogen-bond acceptors (Lipinski definition) is 3. The lowest BCUT2D eigenvalue weighted by Gasteiger charge is -2.18. The molecule has 1 aromatic carbocycles. The number of anilines is 1. The summed E-state index contributed by atoms with van der Waals surface area (Å²) in [5, 5.41) is 0. The molecule has 1 heterocycles. The second kappa shape index (κ2) is 6.12. The molecule has 1 aliphatic rings. The van der Waals surface area contributed by atoms with Gasteiger partial charge in [-0.15, -0.1) is 13.2 Å². The highest BCUT2D eigenvalue weighted by molar-refractivity contribution is 6.28. The molecule has 1 unspecified atom stereocenters. The van der Waals surface area contributed by atoms with Crippen LogP contribution in [0.1, 0.15) is 11.7 Å². The minimum atomic E-state index is -0.339. The van der Waals surface area contributed by atoms with Crippen molar-refractivity contribution < 1.29 is 14.3 Å². The van der Waals surface area contributed by atoms with Gasteiger partial charge in [0.15, 0.2) is 0 Å². The molecule has 0 spiro atoms. The summed E-state index contributed by atoms with van der Waals surface area (Å²) in [5.41, 5.74) is 1.35. The van der Waals surface area contributed by atoms with Gasteiger partial charge in [-0.25, -0.2) is 4.90 Å². The molecule has 102 valence electrons. The van der Waals surface area contributed by atoms with Crippen molar-refractivity contribution in [3.63, 3.8) is 0 Å². The van der Waals surface area contributed by atoms with E-state index in [1.54, 1.807) is 30.4 Å². The maximum atomic E-state index is 11.7. The van der Waals surface area contributed by atoms with Crippen LogP contribution in [-0.4, -0.2) is 18.4 Å². The quantitative estimate of drug-likeness (QED) is 0.589. The van der Waals surface area contributed by atoms with E-state index in [0.717, 1.165) is 10.5 Å². The fourth-order valence-electron chi connectivity index (χ4n) is 1.97. The lowest BCUT2D eigenvalue weighted by atomic mass is 10.1. The van der Waals surface area contributed by atoms with E-state index in [4.69, 9.17) is 4.74 Å². The first-order valence-corrected chi connectivity index (χ1v) is 6.18. The Morgan fingerprint density at radius 1 is 1.20 bits per heavy atom. The van der Waals surface area contributed by atoms with Crippen molar-refractivity contribution in [1.29, 1.82) is 0 Å². The lowest BCUT2D eigenvalue weighted by Crippen LogP contribution is -2.29. The molecule has 4 nitrogen and oxygen atoms in total. The molecule has 0 aromatic heterocycles. The van der Waals surface area contributed by atoms with E-state index < -0.39 is 0 Å². The molecule has 0 N–H and O–H groups in total. The summed E-state index contributed by atoms with van der Waals surface area (Å²) >= 11 is 0. The third-order valence-electron chi connectivity index (χ3n) is 2.87. The van der Waals surface area contributed by atoms with E-state index >= 15 is 0 Å². The van der Waals surface area contributed by atoms with E-state index in [-0.39, 0.29) is 17.9 Å². The van der Waals surface area contributed by atoms with Crippen LogP contribution in [0, 0.1) is 0 Å². The molecular formula is C16H15NO3. The van der Waals surface area contributed by atoms with Crippen molar-refractivity contribution >= 4 is 17.5 Å². The first-order valence-electron chi connectivity index (χ1n) is 6.18. The van der Waals surface area contributed by atoms with Crippen molar-refractivity contribution in [2.45, 2.75) is 6.10 Å². The molecule has 4 heteroatoms. The molecule has 0 fully saturated rings. The molecule has 0 saturated carbocycles. The first-order chi connectivity index (χ1) is 9.67. The molecule has 0 aliphatic carbocycles. The van der Waals surface area contributed by atoms with E-state index in [2.05, 4.69) is 13.2 Å². The maximum Gasteiger partial charge on any atom is 0.258 e. The number of rotatable bonds is 6. The van der Waals surface area contributed by atoms with Gasteiger partial charge in [0.25, 0.3) is 11.8 Å². The van der Waals surface area contributed by atoms with Crippen LogP contribution >= 0.6 is 0 Å². The van der Waals surface area contributed by atoms with Gasteiger partial charge in [0.2, 0.25) is 0 Å². The van der Waals surface area contributed by atoms with Crippen LogP contribution in [0.2, 0.25) is 0 Å². The Balaban J connectivity index is 2.27. The van der Waals surface area contributed by atoms with Gasteiger partial charge in [0.05, 0.1) is 12.3 Å². The van der Waals surface area contributed by atoms with E-state index in [9.17, 15) is 9.59 Å². The monoisotopic (exact) mass is 269 g/mol. The molecule has 1 aromatic rings. The van der Waals surface area contributed by atoms with Crippen molar-refractivity contribution in [3.05, 3.63) is 67.3 Å². The number of ether oxygens (including phenoxy) is 1. The van der Waals surface area contributed by atoms with Gasteiger partial charge in [-0.1, -0.05) is 24.3 Å². The van der Waals surface area contributed by atoms with Gasteiger partial charge in [-0.3, -0.25) is 9.59 Å². The van der Waals surface area contributed by atoms with Gasteiger partial charge in [0.1, 0.15) is 6.10 Å². The average Bonchev–Trinajstić information content (AvgIpc) is 2.79. The van der Waals surface area contributed by atoms with Crippen molar-refractivity contribution in [2.75, 3.05) is 11.5 Å². The summed E-state index contributed by atoms with van der Waals surface area (Å²) in [6.07, 6.45) is 5.52. The number of nitrogens with zero attached hydrogens (tertiary/aromatic N) is 1. The average molecular weight is 269 g/mol. The fraction of sp³-hybridized carbons (Fsp3) is 0.125. The Labute approximate surface area is 117 Å². The minimum absolute atomic E-state index is 0.311. The highest BCUT2D eigenvalue weighted by Crippen LogP contribution is 2.25.